The van der Waals surface area contributed by atoms with Crippen molar-refractivity contribution in [3.05, 3.63) is 52.1 Å². The molecule has 33 heavy (non-hydrogen) atoms. The summed E-state index contributed by atoms with van der Waals surface area (Å²) in [6.07, 6.45) is 0.836. The largest absolute Gasteiger partial charge is 0.481 e. The smallest absolute Gasteiger partial charge is 0.326 e. The van der Waals surface area contributed by atoms with Crippen molar-refractivity contribution >= 4 is 40.6 Å². The Hall–Kier alpha value is -4.59. The molecule has 0 aliphatic carbocycles. The molecular formula is C19H20N8O6. The van der Waals surface area contributed by atoms with Gasteiger partial charge in [-0.1, -0.05) is 0 Å². The Morgan fingerprint density at radius 3 is 2.48 bits per heavy atom. The van der Waals surface area contributed by atoms with E-state index in [0.717, 1.165) is 0 Å². The van der Waals surface area contributed by atoms with Gasteiger partial charge in [0.25, 0.3) is 11.5 Å². The number of aromatic amines is 1. The number of aliphatic carboxylic acids is 2. The Morgan fingerprint density at radius 1 is 1.12 bits per heavy atom. The first-order chi connectivity index (χ1) is 15.8. The van der Waals surface area contributed by atoms with E-state index < -0.39 is 29.4 Å². The number of hydrogen-bond donors (Lipinski definition) is 7. The lowest BCUT2D eigenvalue weighted by Gasteiger charge is -2.14. The summed E-state index contributed by atoms with van der Waals surface area (Å²) in [7, 11) is 0. The van der Waals surface area contributed by atoms with Crippen LogP contribution in [0.5, 0.6) is 0 Å². The number of benzene rings is 1. The Bertz CT molecular complexity index is 1240. The fourth-order valence-corrected chi connectivity index (χ4v) is 2.81. The second-order valence-electron chi connectivity index (χ2n) is 6.82. The minimum absolute atomic E-state index is 0.0520. The number of anilines is 2. The van der Waals surface area contributed by atoms with E-state index in [1.807, 2.05) is 0 Å². The molecule has 3 aromatic rings. The van der Waals surface area contributed by atoms with Crippen molar-refractivity contribution in [3.8, 4) is 0 Å². The van der Waals surface area contributed by atoms with Gasteiger partial charge in [-0.2, -0.15) is 4.98 Å². The maximum atomic E-state index is 12.3. The third kappa shape index (κ3) is 5.98. The number of H-pyrrole nitrogens is 1. The van der Waals surface area contributed by atoms with E-state index in [2.05, 4.69) is 36.0 Å². The molecule has 0 bridgehead atoms. The molecule has 2 aromatic heterocycles. The van der Waals surface area contributed by atoms with Crippen LogP contribution in [0.15, 0.2) is 35.3 Å². The second kappa shape index (κ2) is 10.1. The fraction of sp³-hybridized carbons (Fsp3) is 0.211. The molecular weight excluding hydrogens is 436 g/mol. The Labute approximate surface area is 185 Å². The maximum Gasteiger partial charge on any atom is 0.326 e. The van der Waals surface area contributed by atoms with Gasteiger partial charge in [0.05, 0.1) is 18.4 Å². The van der Waals surface area contributed by atoms with E-state index in [1.165, 1.54) is 18.3 Å². The Morgan fingerprint density at radius 2 is 1.85 bits per heavy atom. The highest BCUT2D eigenvalue weighted by Gasteiger charge is 2.21. The number of nitrogens with zero attached hydrogens (tertiary/aromatic N) is 3. The van der Waals surface area contributed by atoms with Gasteiger partial charge in [-0.25, -0.2) is 20.6 Å². The molecule has 1 amide bonds. The highest BCUT2D eigenvalue weighted by Crippen LogP contribution is 2.12. The van der Waals surface area contributed by atoms with Crippen molar-refractivity contribution in [2.24, 2.45) is 5.84 Å². The van der Waals surface area contributed by atoms with Crippen LogP contribution in [-0.4, -0.2) is 54.0 Å². The number of aromatic nitrogens is 4. The van der Waals surface area contributed by atoms with E-state index in [-0.39, 0.29) is 42.1 Å². The number of rotatable bonds is 10. The number of nitrogens with two attached hydrogens (primary N) is 1. The number of hydrogen-bond acceptors (Lipinski definition) is 10. The van der Waals surface area contributed by atoms with E-state index in [1.54, 1.807) is 12.1 Å². The average molecular weight is 456 g/mol. The van der Waals surface area contributed by atoms with Crippen molar-refractivity contribution in [1.82, 2.24) is 25.3 Å². The summed E-state index contributed by atoms with van der Waals surface area (Å²) in [6.45, 7) is 0.223. The van der Waals surface area contributed by atoms with Gasteiger partial charge in [0.15, 0.2) is 11.2 Å². The molecule has 0 spiro atoms. The van der Waals surface area contributed by atoms with Crippen LogP contribution in [0.25, 0.3) is 11.2 Å². The number of hydrazine groups is 1. The van der Waals surface area contributed by atoms with Crippen LogP contribution in [0.4, 0.5) is 11.6 Å². The van der Waals surface area contributed by atoms with Crippen LogP contribution in [0, 0.1) is 0 Å². The predicted octanol–water partition coefficient (Wildman–Crippen LogP) is -0.341. The number of amides is 1. The summed E-state index contributed by atoms with van der Waals surface area (Å²) in [6, 6.07) is 4.85. The Balaban J connectivity index is 1.63. The highest BCUT2D eigenvalue weighted by atomic mass is 16.4. The van der Waals surface area contributed by atoms with E-state index in [9.17, 15) is 19.2 Å². The molecule has 2 heterocycles. The number of fused-ring (bicyclic) bond motifs is 1. The van der Waals surface area contributed by atoms with E-state index >= 15 is 0 Å². The normalized spacial score (nSPS) is 11.5. The molecule has 14 heteroatoms. The summed E-state index contributed by atoms with van der Waals surface area (Å²) >= 11 is 0. The third-order valence-electron chi connectivity index (χ3n) is 4.48. The summed E-state index contributed by atoms with van der Waals surface area (Å²) in [5, 5.41) is 23.2. The SMILES string of the molecule is NNc1nc2ncc(CNc3ccc(C(=O)NC(CCC(=O)O)C(=O)O)cc3)nc2c(=O)[nH]1. The van der Waals surface area contributed by atoms with Crippen LogP contribution in [0.2, 0.25) is 0 Å². The van der Waals surface area contributed by atoms with Crippen LogP contribution < -0.4 is 27.5 Å². The quantitative estimate of drug-likeness (QED) is 0.154. The summed E-state index contributed by atoms with van der Waals surface area (Å²) in [4.78, 5) is 61.0. The lowest BCUT2D eigenvalue weighted by molar-refractivity contribution is -0.140. The number of nitrogen functional groups attached to an aromatic ring is 1. The number of carbonyl (C=O) groups excluding carboxylic acids is 1. The van der Waals surface area contributed by atoms with Gasteiger partial charge in [0, 0.05) is 17.7 Å². The molecule has 0 fully saturated rings. The first-order valence-corrected chi connectivity index (χ1v) is 9.58. The lowest BCUT2D eigenvalue weighted by atomic mass is 10.1. The van der Waals surface area contributed by atoms with Crippen LogP contribution in [0.1, 0.15) is 28.9 Å². The first-order valence-electron chi connectivity index (χ1n) is 9.58. The van der Waals surface area contributed by atoms with Gasteiger partial charge in [-0.15, -0.1) is 0 Å². The minimum Gasteiger partial charge on any atom is -0.481 e. The van der Waals surface area contributed by atoms with Crippen LogP contribution >= 0.6 is 0 Å². The minimum atomic E-state index is -1.32. The monoisotopic (exact) mass is 456 g/mol. The van der Waals surface area contributed by atoms with Crippen molar-refractivity contribution < 1.29 is 24.6 Å². The van der Waals surface area contributed by atoms with E-state index in [0.29, 0.717) is 11.4 Å². The van der Waals surface area contributed by atoms with E-state index in [4.69, 9.17) is 16.1 Å². The van der Waals surface area contributed by atoms with Crippen molar-refractivity contribution in [2.75, 3.05) is 10.7 Å². The molecule has 8 N–H and O–H groups in total. The zero-order chi connectivity index (χ0) is 24.0. The van der Waals surface area contributed by atoms with Gasteiger partial charge in [0.1, 0.15) is 6.04 Å². The average Bonchev–Trinajstić information content (AvgIpc) is 2.80. The topological polar surface area (TPSA) is 225 Å². The molecule has 1 aromatic carbocycles. The fourth-order valence-electron chi connectivity index (χ4n) is 2.81. The van der Waals surface area contributed by atoms with Gasteiger partial charge < -0.3 is 20.8 Å². The molecule has 1 unspecified atom stereocenters. The standard InChI is InChI=1S/C19H20N8O6/c20-27-19-25-15-14(17(31)26-19)23-11(8-22-15)7-21-10-3-1-9(2-4-10)16(30)24-12(18(32)33)5-6-13(28)29/h1-4,8,12,21H,5-7,20H2,(H,24,30)(H,28,29)(H,32,33)(H2,22,25,26,27,31). The highest BCUT2D eigenvalue weighted by molar-refractivity contribution is 5.96. The summed E-state index contributed by atoms with van der Waals surface area (Å²) < 4.78 is 0. The number of carboxylic acid groups (broad SMARTS) is 2. The molecule has 3 rings (SSSR count). The van der Waals surface area contributed by atoms with Gasteiger partial charge in [-0.3, -0.25) is 24.8 Å². The van der Waals surface area contributed by atoms with Crippen LogP contribution in [-0.2, 0) is 16.1 Å². The maximum absolute atomic E-state index is 12.3. The van der Waals surface area contributed by atoms with Crippen molar-refractivity contribution in [1.29, 1.82) is 0 Å². The van der Waals surface area contributed by atoms with Gasteiger partial charge in [-0.05, 0) is 30.7 Å². The summed E-state index contributed by atoms with van der Waals surface area (Å²) in [5.41, 5.74) is 3.22. The van der Waals surface area contributed by atoms with Gasteiger partial charge in [0.2, 0.25) is 5.95 Å². The lowest BCUT2D eigenvalue weighted by Crippen LogP contribution is -2.41. The molecule has 172 valence electrons. The molecule has 14 nitrogen and oxygen atoms in total. The summed E-state index contributed by atoms with van der Waals surface area (Å²) in [5.74, 6) is 2.18. The number of carbonyl (C=O) groups is 3. The molecule has 1 atom stereocenters. The molecule has 0 saturated carbocycles. The molecule has 0 saturated heterocycles. The number of carboxylic acids is 2. The van der Waals surface area contributed by atoms with Gasteiger partial charge >= 0.3 is 11.9 Å². The zero-order valence-electron chi connectivity index (χ0n) is 17.0. The van der Waals surface area contributed by atoms with Crippen molar-refractivity contribution in [2.45, 2.75) is 25.4 Å². The zero-order valence-corrected chi connectivity index (χ0v) is 17.0. The van der Waals surface area contributed by atoms with Crippen molar-refractivity contribution in [3.63, 3.8) is 0 Å². The van der Waals surface area contributed by atoms with Crippen LogP contribution in [0.3, 0.4) is 0 Å². The second-order valence-corrected chi connectivity index (χ2v) is 6.82. The third-order valence-corrected chi connectivity index (χ3v) is 4.48. The molecule has 0 aliphatic rings. The first kappa shape index (κ1) is 23.1. The number of nitrogens with one attached hydrogen (secondary N) is 4. The molecule has 0 aliphatic heterocycles. The Kier molecular flexibility index (Phi) is 7.10. The predicted molar refractivity (Wildman–Crippen MR) is 115 cm³/mol. The molecule has 0 radical (unpaired) electrons.